The summed E-state index contributed by atoms with van der Waals surface area (Å²) in [5, 5.41) is 12.3. The molecule has 0 aliphatic carbocycles. The van der Waals surface area contributed by atoms with Crippen LogP contribution in [0.2, 0.25) is 5.02 Å². The molecule has 1 unspecified atom stereocenters. The number of rotatable bonds is 7. The predicted octanol–water partition coefficient (Wildman–Crippen LogP) is 3.02. The summed E-state index contributed by atoms with van der Waals surface area (Å²) in [5.74, 6) is 0.319. The topological polar surface area (TPSA) is 67.8 Å². The standard InChI is InChI=1S/C13H18ClNO4/c1-8(4-5-13(16)17)15-10-6-9(14)11(18-2)7-12(10)19-3/h6-8,15H,4-5H2,1-3H3,(H,16,17). The van der Waals surface area contributed by atoms with E-state index in [0.717, 1.165) is 0 Å². The van der Waals surface area contributed by atoms with Gasteiger partial charge in [-0.05, 0) is 19.4 Å². The second-order valence-corrected chi connectivity index (χ2v) is 4.57. The predicted molar refractivity (Wildman–Crippen MR) is 74.5 cm³/mol. The van der Waals surface area contributed by atoms with E-state index >= 15 is 0 Å². The Balaban J connectivity index is 2.82. The molecule has 0 radical (unpaired) electrons. The van der Waals surface area contributed by atoms with E-state index < -0.39 is 5.97 Å². The highest BCUT2D eigenvalue weighted by molar-refractivity contribution is 6.32. The molecule has 0 bridgehead atoms. The van der Waals surface area contributed by atoms with Gasteiger partial charge < -0.3 is 19.9 Å². The molecule has 0 amide bonds. The number of carboxylic acid groups (broad SMARTS) is 1. The third kappa shape index (κ3) is 4.52. The molecule has 1 aromatic rings. The molecule has 19 heavy (non-hydrogen) atoms. The van der Waals surface area contributed by atoms with Crippen LogP contribution in [0.5, 0.6) is 11.5 Å². The summed E-state index contributed by atoms with van der Waals surface area (Å²) in [5.41, 5.74) is 0.714. The molecule has 0 aliphatic heterocycles. The molecule has 5 nitrogen and oxygen atoms in total. The van der Waals surface area contributed by atoms with Crippen LogP contribution in [0.25, 0.3) is 0 Å². The second-order valence-electron chi connectivity index (χ2n) is 4.16. The molecule has 6 heteroatoms. The number of carboxylic acids is 1. The molecule has 0 fully saturated rings. The number of nitrogens with one attached hydrogen (secondary N) is 1. The Hall–Kier alpha value is -1.62. The number of anilines is 1. The zero-order valence-electron chi connectivity index (χ0n) is 11.2. The summed E-state index contributed by atoms with van der Waals surface area (Å²) in [7, 11) is 3.08. The molecule has 2 N–H and O–H groups in total. The third-order valence-electron chi connectivity index (χ3n) is 2.67. The first-order chi connectivity index (χ1) is 8.97. The smallest absolute Gasteiger partial charge is 0.303 e. The molecule has 1 aromatic carbocycles. The van der Waals surface area contributed by atoms with Crippen molar-refractivity contribution >= 4 is 23.3 Å². The number of benzene rings is 1. The van der Waals surface area contributed by atoms with Crippen molar-refractivity contribution in [2.75, 3.05) is 19.5 Å². The minimum absolute atomic E-state index is 0.00513. The molecular formula is C13H18ClNO4. The average molecular weight is 288 g/mol. The van der Waals surface area contributed by atoms with Crippen molar-refractivity contribution in [1.29, 1.82) is 0 Å². The summed E-state index contributed by atoms with van der Waals surface area (Å²) in [6.45, 7) is 1.90. The van der Waals surface area contributed by atoms with Crippen LogP contribution in [-0.2, 0) is 4.79 Å². The zero-order valence-corrected chi connectivity index (χ0v) is 12.0. The number of aliphatic carboxylic acids is 1. The maximum absolute atomic E-state index is 10.5. The van der Waals surface area contributed by atoms with E-state index in [4.69, 9.17) is 26.2 Å². The molecule has 0 saturated heterocycles. The minimum Gasteiger partial charge on any atom is -0.495 e. The van der Waals surface area contributed by atoms with E-state index in [1.54, 1.807) is 19.2 Å². The molecule has 106 valence electrons. The Bertz CT molecular complexity index is 451. The molecule has 1 atom stereocenters. The van der Waals surface area contributed by atoms with Crippen LogP contribution in [0.1, 0.15) is 19.8 Å². The Morgan fingerprint density at radius 2 is 2.00 bits per heavy atom. The Morgan fingerprint density at radius 1 is 1.37 bits per heavy atom. The monoisotopic (exact) mass is 287 g/mol. The SMILES string of the molecule is COc1cc(OC)c(NC(C)CCC(=O)O)cc1Cl. The fraction of sp³-hybridized carbons (Fsp3) is 0.462. The minimum atomic E-state index is -0.812. The van der Waals surface area contributed by atoms with Crippen molar-refractivity contribution in [3.8, 4) is 11.5 Å². The molecular weight excluding hydrogens is 270 g/mol. The zero-order chi connectivity index (χ0) is 14.4. The van der Waals surface area contributed by atoms with Crippen LogP contribution in [0, 0.1) is 0 Å². The van der Waals surface area contributed by atoms with E-state index in [9.17, 15) is 4.79 Å². The van der Waals surface area contributed by atoms with E-state index in [1.807, 2.05) is 6.92 Å². The van der Waals surface area contributed by atoms with Gasteiger partial charge in [-0.25, -0.2) is 0 Å². The van der Waals surface area contributed by atoms with E-state index in [1.165, 1.54) is 7.11 Å². The number of halogens is 1. The van der Waals surface area contributed by atoms with Crippen LogP contribution in [-0.4, -0.2) is 31.3 Å². The van der Waals surface area contributed by atoms with Crippen molar-refractivity contribution < 1.29 is 19.4 Å². The first kappa shape index (κ1) is 15.4. The fourth-order valence-electron chi connectivity index (χ4n) is 1.65. The highest BCUT2D eigenvalue weighted by Crippen LogP contribution is 2.36. The van der Waals surface area contributed by atoms with Gasteiger partial charge in [0.25, 0.3) is 0 Å². The Kier molecular flexibility index (Phi) is 5.76. The molecule has 0 aromatic heterocycles. The number of carbonyl (C=O) groups is 1. The maximum Gasteiger partial charge on any atom is 0.303 e. The van der Waals surface area contributed by atoms with Crippen molar-refractivity contribution in [2.24, 2.45) is 0 Å². The normalized spacial score (nSPS) is 11.8. The third-order valence-corrected chi connectivity index (χ3v) is 2.96. The average Bonchev–Trinajstić information content (AvgIpc) is 2.36. The van der Waals surface area contributed by atoms with Crippen LogP contribution in [0.4, 0.5) is 5.69 Å². The lowest BCUT2D eigenvalue weighted by molar-refractivity contribution is -0.137. The first-order valence-corrected chi connectivity index (χ1v) is 6.25. The lowest BCUT2D eigenvalue weighted by Crippen LogP contribution is -2.17. The Labute approximate surface area is 117 Å². The van der Waals surface area contributed by atoms with Gasteiger partial charge >= 0.3 is 5.97 Å². The Morgan fingerprint density at radius 3 is 2.53 bits per heavy atom. The highest BCUT2D eigenvalue weighted by Gasteiger charge is 2.12. The molecule has 0 heterocycles. The van der Waals surface area contributed by atoms with Gasteiger partial charge in [0, 0.05) is 18.5 Å². The molecule has 1 rings (SSSR count). The van der Waals surface area contributed by atoms with E-state index in [0.29, 0.717) is 28.6 Å². The molecule has 0 aliphatic rings. The molecule has 0 saturated carbocycles. The number of methoxy groups -OCH3 is 2. The maximum atomic E-state index is 10.5. The van der Waals surface area contributed by atoms with Gasteiger partial charge in [0.15, 0.2) is 0 Å². The van der Waals surface area contributed by atoms with Gasteiger partial charge in [0.2, 0.25) is 0 Å². The number of hydrogen-bond donors (Lipinski definition) is 2. The van der Waals surface area contributed by atoms with Crippen molar-refractivity contribution in [2.45, 2.75) is 25.8 Å². The van der Waals surface area contributed by atoms with Crippen LogP contribution in [0.15, 0.2) is 12.1 Å². The van der Waals surface area contributed by atoms with Gasteiger partial charge in [-0.2, -0.15) is 0 Å². The van der Waals surface area contributed by atoms with Crippen molar-refractivity contribution in [1.82, 2.24) is 0 Å². The van der Waals surface area contributed by atoms with Crippen LogP contribution < -0.4 is 14.8 Å². The van der Waals surface area contributed by atoms with Gasteiger partial charge in [-0.3, -0.25) is 4.79 Å². The van der Waals surface area contributed by atoms with Gasteiger partial charge in [0.05, 0.1) is 24.9 Å². The van der Waals surface area contributed by atoms with Gasteiger partial charge in [-0.15, -0.1) is 0 Å². The largest absolute Gasteiger partial charge is 0.495 e. The van der Waals surface area contributed by atoms with Crippen molar-refractivity contribution in [3.05, 3.63) is 17.2 Å². The van der Waals surface area contributed by atoms with Crippen LogP contribution in [0.3, 0.4) is 0 Å². The van der Waals surface area contributed by atoms with Gasteiger partial charge in [-0.1, -0.05) is 11.6 Å². The quantitative estimate of drug-likeness (QED) is 0.807. The molecule has 0 spiro atoms. The summed E-state index contributed by atoms with van der Waals surface area (Å²) < 4.78 is 10.4. The highest BCUT2D eigenvalue weighted by atomic mass is 35.5. The fourth-order valence-corrected chi connectivity index (χ4v) is 1.89. The van der Waals surface area contributed by atoms with E-state index in [2.05, 4.69) is 5.32 Å². The summed E-state index contributed by atoms with van der Waals surface area (Å²) in [6.07, 6.45) is 0.627. The number of ether oxygens (including phenoxy) is 2. The summed E-state index contributed by atoms with van der Waals surface area (Å²) >= 11 is 6.05. The lowest BCUT2D eigenvalue weighted by atomic mass is 10.1. The summed E-state index contributed by atoms with van der Waals surface area (Å²) in [6, 6.07) is 3.39. The first-order valence-electron chi connectivity index (χ1n) is 5.87. The number of hydrogen-bond acceptors (Lipinski definition) is 4. The lowest BCUT2D eigenvalue weighted by Gasteiger charge is -2.18. The second kappa shape index (κ2) is 7.09. The van der Waals surface area contributed by atoms with Crippen molar-refractivity contribution in [3.63, 3.8) is 0 Å². The van der Waals surface area contributed by atoms with Crippen LogP contribution >= 0.6 is 11.6 Å². The summed E-state index contributed by atoms with van der Waals surface area (Å²) in [4.78, 5) is 10.5. The van der Waals surface area contributed by atoms with Gasteiger partial charge in [0.1, 0.15) is 11.5 Å². The van der Waals surface area contributed by atoms with E-state index in [-0.39, 0.29) is 12.5 Å².